The molecule has 5 rings (SSSR count). The third kappa shape index (κ3) is 6.91. The van der Waals surface area contributed by atoms with Crippen molar-refractivity contribution < 1.29 is 37.0 Å². The average Bonchev–Trinajstić information content (AvgIpc) is 3.36. The molecule has 3 heterocycles. The number of nitrogens with zero attached hydrogens (tertiary/aromatic N) is 2. The standard InChI is InChI=1S/C17H13N5O4.C9H10F3NO/c23-6-10-5-18-15-14(10)20-8-21-16(15)17(25)19-4-9-1-2-12-11(3-9)22-13(24)7-26-12;1-13-6-7-4-2-3-5-8(7)14-9(10,11)12/h1-3,5-6,8,18H,4,7H2,(H,19,25)(H,22,24);2-5,13H,6H2,1H3. The number of ether oxygens (including phenoxy) is 2. The minimum atomic E-state index is -4.64. The number of carbonyl (C=O) groups excluding carboxylic acids is 3. The number of anilines is 1. The first-order chi connectivity index (χ1) is 19.2. The predicted octanol–water partition coefficient (Wildman–Crippen LogP) is 3.34. The van der Waals surface area contributed by atoms with Crippen molar-refractivity contribution in [3.8, 4) is 11.5 Å². The molecule has 0 radical (unpaired) electrons. The van der Waals surface area contributed by atoms with E-state index in [0.29, 0.717) is 46.4 Å². The summed E-state index contributed by atoms with van der Waals surface area (Å²) in [6.45, 7) is 0.562. The highest BCUT2D eigenvalue weighted by molar-refractivity contribution is 6.06. The number of hydrogen-bond acceptors (Lipinski definition) is 8. The summed E-state index contributed by atoms with van der Waals surface area (Å²) < 4.78 is 44.9. The number of benzene rings is 2. The topological polar surface area (TPSA) is 147 Å². The van der Waals surface area contributed by atoms with Crippen molar-refractivity contribution in [2.75, 3.05) is 19.0 Å². The molecule has 0 aliphatic carbocycles. The third-order valence-electron chi connectivity index (χ3n) is 5.53. The summed E-state index contributed by atoms with van der Waals surface area (Å²) in [7, 11) is 1.66. The minimum Gasteiger partial charge on any atom is -0.482 e. The first kappa shape index (κ1) is 28.0. The van der Waals surface area contributed by atoms with E-state index >= 15 is 0 Å². The molecule has 11 nitrogen and oxygen atoms in total. The summed E-state index contributed by atoms with van der Waals surface area (Å²) in [6.07, 6.45) is -1.25. The lowest BCUT2D eigenvalue weighted by Crippen LogP contribution is -2.26. The van der Waals surface area contributed by atoms with Crippen molar-refractivity contribution in [1.29, 1.82) is 0 Å². The third-order valence-corrected chi connectivity index (χ3v) is 5.53. The average molecular weight is 557 g/mol. The van der Waals surface area contributed by atoms with E-state index in [1.54, 1.807) is 37.4 Å². The van der Waals surface area contributed by atoms with Crippen molar-refractivity contribution >= 4 is 34.8 Å². The molecule has 2 aromatic heterocycles. The van der Waals surface area contributed by atoms with Crippen molar-refractivity contribution in [2.24, 2.45) is 0 Å². The molecule has 2 aromatic carbocycles. The van der Waals surface area contributed by atoms with Crippen LogP contribution in [0, 0.1) is 0 Å². The molecule has 0 unspecified atom stereocenters. The Kier molecular flexibility index (Phi) is 8.59. The Labute approximate surface area is 225 Å². The molecule has 40 heavy (non-hydrogen) atoms. The Morgan fingerprint density at radius 2 is 1.98 bits per heavy atom. The number of halogens is 3. The highest BCUT2D eigenvalue weighted by atomic mass is 19.4. The van der Waals surface area contributed by atoms with E-state index in [4.69, 9.17) is 4.74 Å². The number of para-hydroxylation sites is 1. The highest BCUT2D eigenvalue weighted by Crippen LogP contribution is 2.28. The van der Waals surface area contributed by atoms with Gasteiger partial charge >= 0.3 is 6.36 Å². The first-order valence-corrected chi connectivity index (χ1v) is 11.8. The van der Waals surface area contributed by atoms with Gasteiger partial charge in [0.1, 0.15) is 23.3 Å². The predicted molar refractivity (Wildman–Crippen MR) is 137 cm³/mol. The van der Waals surface area contributed by atoms with Gasteiger partial charge in [0.2, 0.25) is 0 Å². The smallest absolute Gasteiger partial charge is 0.482 e. The second kappa shape index (κ2) is 12.3. The fourth-order valence-electron chi connectivity index (χ4n) is 3.79. The quantitative estimate of drug-likeness (QED) is 0.254. The number of rotatable bonds is 7. The summed E-state index contributed by atoms with van der Waals surface area (Å²) in [4.78, 5) is 45.7. The monoisotopic (exact) mass is 556 g/mol. The van der Waals surface area contributed by atoms with E-state index in [9.17, 15) is 27.6 Å². The number of aromatic amines is 1. The van der Waals surface area contributed by atoms with E-state index in [1.807, 2.05) is 0 Å². The van der Waals surface area contributed by atoms with Crippen LogP contribution < -0.4 is 25.4 Å². The molecule has 0 saturated carbocycles. The summed E-state index contributed by atoms with van der Waals surface area (Å²) in [5.41, 5.74) is 3.14. The van der Waals surface area contributed by atoms with Gasteiger partial charge in [-0.3, -0.25) is 14.4 Å². The van der Waals surface area contributed by atoms with Gasteiger partial charge in [-0.15, -0.1) is 13.2 Å². The number of nitrogens with one attached hydrogen (secondary N) is 4. The van der Waals surface area contributed by atoms with Crippen LogP contribution in [0.5, 0.6) is 11.5 Å². The molecule has 0 fully saturated rings. The lowest BCUT2D eigenvalue weighted by Gasteiger charge is -2.18. The Morgan fingerprint density at radius 1 is 1.18 bits per heavy atom. The molecule has 4 aromatic rings. The molecular formula is C26H23F3N6O5. The van der Waals surface area contributed by atoms with E-state index in [-0.39, 0.29) is 30.5 Å². The minimum absolute atomic E-state index is 0.00822. The number of carbonyl (C=O) groups is 3. The van der Waals surface area contributed by atoms with Gasteiger partial charge in [-0.2, -0.15) is 0 Å². The molecule has 1 aliphatic rings. The molecule has 0 atom stereocenters. The molecule has 0 saturated heterocycles. The fraction of sp³-hybridized carbons (Fsp3) is 0.192. The van der Waals surface area contributed by atoms with E-state index < -0.39 is 12.3 Å². The second-order valence-electron chi connectivity index (χ2n) is 8.34. The Morgan fingerprint density at radius 3 is 2.73 bits per heavy atom. The molecule has 0 spiro atoms. The van der Waals surface area contributed by atoms with E-state index in [2.05, 4.69) is 35.6 Å². The number of aromatic nitrogens is 3. The van der Waals surface area contributed by atoms with Crippen LogP contribution in [-0.4, -0.2) is 53.1 Å². The van der Waals surface area contributed by atoms with Crippen LogP contribution in [0.2, 0.25) is 0 Å². The number of H-pyrrole nitrogens is 1. The summed E-state index contributed by atoms with van der Waals surface area (Å²) in [5.74, 6) is -0.200. The number of alkyl halides is 3. The number of amides is 2. The first-order valence-electron chi connectivity index (χ1n) is 11.8. The Bertz CT molecular complexity index is 1540. The Hall–Kier alpha value is -4.98. The van der Waals surface area contributed by atoms with Gasteiger partial charge in [-0.1, -0.05) is 24.3 Å². The number of aldehydes is 1. The van der Waals surface area contributed by atoms with Gasteiger partial charge in [0, 0.05) is 24.8 Å². The molecule has 2 amide bonds. The van der Waals surface area contributed by atoms with Gasteiger partial charge < -0.3 is 30.4 Å². The van der Waals surface area contributed by atoms with Crippen molar-refractivity contribution in [2.45, 2.75) is 19.5 Å². The summed E-state index contributed by atoms with van der Waals surface area (Å²) >= 11 is 0. The van der Waals surface area contributed by atoms with Crippen molar-refractivity contribution in [1.82, 2.24) is 25.6 Å². The van der Waals surface area contributed by atoms with Gasteiger partial charge in [0.15, 0.2) is 18.6 Å². The van der Waals surface area contributed by atoms with Crippen LogP contribution in [0.4, 0.5) is 18.9 Å². The van der Waals surface area contributed by atoms with Gasteiger partial charge in [0.25, 0.3) is 11.8 Å². The largest absolute Gasteiger partial charge is 0.573 e. The summed E-state index contributed by atoms with van der Waals surface area (Å²) in [6, 6.07) is 11.3. The Balaban J connectivity index is 0.000000224. The molecule has 208 valence electrons. The highest BCUT2D eigenvalue weighted by Gasteiger charge is 2.31. The molecular weight excluding hydrogens is 533 g/mol. The zero-order valence-electron chi connectivity index (χ0n) is 21.0. The van der Waals surface area contributed by atoms with Crippen LogP contribution in [-0.2, 0) is 17.9 Å². The summed E-state index contributed by atoms with van der Waals surface area (Å²) in [5, 5.41) is 8.24. The van der Waals surface area contributed by atoms with Crippen LogP contribution in [0.15, 0.2) is 55.0 Å². The molecule has 1 aliphatic heterocycles. The molecule has 14 heteroatoms. The van der Waals surface area contributed by atoms with Crippen molar-refractivity contribution in [3.63, 3.8) is 0 Å². The van der Waals surface area contributed by atoms with Crippen LogP contribution in [0.1, 0.15) is 32.0 Å². The number of fused-ring (bicyclic) bond motifs is 2. The van der Waals surface area contributed by atoms with E-state index in [0.717, 1.165) is 5.56 Å². The molecule has 4 N–H and O–H groups in total. The van der Waals surface area contributed by atoms with Crippen LogP contribution in [0.25, 0.3) is 11.0 Å². The second-order valence-corrected chi connectivity index (χ2v) is 8.34. The molecule has 0 bridgehead atoms. The van der Waals surface area contributed by atoms with Crippen LogP contribution in [0.3, 0.4) is 0 Å². The normalized spacial score (nSPS) is 12.3. The number of hydrogen-bond donors (Lipinski definition) is 4. The van der Waals surface area contributed by atoms with Crippen molar-refractivity contribution in [3.05, 3.63) is 77.4 Å². The maximum atomic E-state index is 12.5. The van der Waals surface area contributed by atoms with E-state index in [1.165, 1.54) is 24.7 Å². The maximum absolute atomic E-state index is 12.5. The lowest BCUT2D eigenvalue weighted by atomic mass is 10.1. The van der Waals surface area contributed by atoms with Gasteiger partial charge in [0.05, 0.1) is 16.8 Å². The SMILES string of the molecule is CNCc1ccccc1OC(F)(F)F.O=Cc1c[nH]c2c(C(=O)NCc3ccc4c(c3)NC(=O)CO4)ncnc12. The van der Waals surface area contributed by atoms with Crippen LogP contribution >= 0.6 is 0 Å². The maximum Gasteiger partial charge on any atom is 0.573 e. The lowest BCUT2D eigenvalue weighted by molar-refractivity contribution is -0.274. The fourth-order valence-corrected chi connectivity index (χ4v) is 3.79. The zero-order valence-corrected chi connectivity index (χ0v) is 21.0. The zero-order chi connectivity index (χ0) is 28.7. The van der Waals surface area contributed by atoms with Gasteiger partial charge in [-0.05, 0) is 30.8 Å². The van der Waals surface area contributed by atoms with Gasteiger partial charge in [-0.25, -0.2) is 9.97 Å².